The normalized spacial score (nSPS) is 11.5. The molecule has 0 N–H and O–H groups in total. The molecule has 0 amide bonds. The van der Waals surface area contributed by atoms with Crippen LogP contribution in [0.2, 0.25) is 0 Å². The van der Waals surface area contributed by atoms with Crippen LogP contribution in [0.25, 0.3) is 65.3 Å². The summed E-state index contributed by atoms with van der Waals surface area (Å²) in [6.07, 6.45) is 0. The van der Waals surface area contributed by atoms with E-state index in [1.807, 2.05) is 0 Å². The van der Waals surface area contributed by atoms with Crippen LogP contribution in [0.15, 0.2) is 133 Å². The van der Waals surface area contributed by atoms with E-state index in [0.29, 0.717) is 0 Å². The first kappa shape index (κ1) is 19.1. The zero-order valence-electron chi connectivity index (χ0n) is 18.7. The molecular formula is C34H22. The van der Waals surface area contributed by atoms with Crippen LogP contribution >= 0.6 is 0 Å². The van der Waals surface area contributed by atoms with E-state index in [-0.39, 0.29) is 0 Å². The van der Waals surface area contributed by atoms with Crippen molar-refractivity contribution >= 4 is 43.1 Å². The van der Waals surface area contributed by atoms with Crippen molar-refractivity contribution < 1.29 is 0 Å². The van der Waals surface area contributed by atoms with Gasteiger partial charge in [0.25, 0.3) is 0 Å². The third-order valence-electron chi connectivity index (χ3n) is 7.01. The Morgan fingerprint density at radius 2 is 0.853 bits per heavy atom. The van der Waals surface area contributed by atoms with Gasteiger partial charge in [-0.1, -0.05) is 109 Å². The van der Waals surface area contributed by atoms with Gasteiger partial charge in [0.15, 0.2) is 0 Å². The largest absolute Gasteiger partial charge is 0.0622 e. The average Bonchev–Trinajstić information content (AvgIpc) is 2.92. The molecule has 7 aromatic carbocycles. The lowest BCUT2D eigenvalue weighted by molar-refractivity contribution is 1.65. The summed E-state index contributed by atoms with van der Waals surface area (Å²) in [5, 5.41) is 10.4. The van der Waals surface area contributed by atoms with Crippen LogP contribution < -0.4 is 0 Å². The summed E-state index contributed by atoms with van der Waals surface area (Å²) >= 11 is 0. The van der Waals surface area contributed by atoms with Crippen molar-refractivity contribution in [2.24, 2.45) is 0 Å². The first-order valence-corrected chi connectivity index (χ1v) is 11.8. The summed E-state index contributed by atoms with van der Waals surface area (Å²) in [5.74, 6) is 0. The van der Waals surface area contributed by atoms with Crippen molar-refractivity contribution in [1.29, 1.82) is 0 Å². The Hall–Kier alpha value is -4.42. The van der Waals surface area contributed by atoms with Gasteiger partial charge in [-0.25, -0.2) is 0 Å². The van der Waals surface area contributed by atoms with E-state index >= 15 is 0 Å². The summed E-state index contributed by atoms with van der Waals surface area (Å²) in [5.41, 5.74) is 5.05. The van der Waals surface area contributed by atoms with Crippen LogP contribution in [-0.2, 0) is 0 Å². The lowest BCUT2D eigenvalue weighted by Crippen LogP contribution is -1.86. The summed E-state index contributed by atoms with van der Waals surface area (Å²) < 4.78 is 0. The fourth-order valence-electron chi connectivity index (χ4n) is 5.34. The monoisotopic (exact) mass is 430 g/mol. The highest BCUT2D eigenvalue weighted by Gasteiger charge is 2.11. The number of rotatable bonds is 2. The smallest absolute Gasteiger partial charge is 0.00986 e. The number of fused-ring (bicyclic) bond motifs is 6. The highest BCUT2D eigenvalue weighted by Crippen LogP contribution is 2.38. The van der Waals surface area contributed by atoms with E-state index in [1.54, 1.807) is 0 Å². The number of hydrogen-bond acceptors (Lipinski definition) is 0. The molecule has 0 saturated carbocycles. The second kappa shape index (κ2) is 7.57. The zero-order chi connectivity index (χ0) is 22.5. The molecule has 0 fully saturated rings. The Balaban J connectivity index is 1.52. The molecule has 7 rings (SSSR count). The topological polar surface area (TPSA) is 0 Å². The van der Waals surface area contributed by atoms with E-state index in [1.165, 1.54) is 65.3 Å². The number of benzene rings is 7. The third kappa shape index (κ3) is 3.00. The van der Waals surface area contributed by atoms with Crippen molar-refractivity contribution in [3.63, 3.8) is 0 Å². The van der Waals surface area contributed by atoms with E-state index in [9.17, 15) is 0 Å². The van der Waals surface area contributed by atoms with Gasteiger partial charge in [0, 0.05) is 0 Å². The summed E-state index contributed by atoms with van der Waals surface area (Å²) in [6, 6.07) is 48.6. The van der Waals surface area contributed by atoms with E-state index < -0.39 is 0 Å². The first-order valence-electron chi connectivity index (χ1n) is 11.8. The van der Waals surface area contributed by atoms with E-state index in [0.717, 1.165) is 0 Å². The van der Waals surface area contributed by atoms with Crippen LogP contribution in [0.5, 0.6) is 0 Å². The molecule has 0 unspecified atom stereocenters. The first-order chi connectivity index (χ1) is 16.8. The molecule has 0 nitrogen and oxygen atoms in total. The molecule has 158 valence electrons. The SMILES string of the molecule is c1ccc(-c2ccc3c(ccc4cc5c(cc(-c6ccccc6)c6ccccc65)cc43)c2)cc1. The maximum Gasteiger partial charge on any atom is -0.00986 e. The van der Waals surface area contributed by atoms with Crippen LogP contribution in [0.3, 0.4) is 0 Å². The molecular weight excluding hydrogens is 408 g/mol. The van der Waals surface area contributed by atoms with E-state index in [2.05, 4.69) is 133 Å². The molecule has 0 aliphatic rings. The molecule has 0 aliphatic carbocycles. The Morgan fingerprint density at radius 1 is 0.265 bits per heavy atom. The van der Waals surface area contributed by atoms with Crippen LogP contribution in [0.4, 0.5) is 0 Å². The van der Waals surface area contributed by atoms with Crippen molar-refractivity contribution in [1.82, 2.24) is 0 Å². The van der Waals surface area contributed by atoms with Crippen LogP contribution in [-0.4, -0.2) is 0 Å². The molecule has 0 spiro atoms. The van der Waals surface area contributed by atoms with Crippen molar-refractivity contribution in [2.45, 2.75) is 0 Å². The van der Waals surface area contributed by atoms with Crippen LogP contribution in [0.1, 0.15) is 0 Å². The van der Waals surface area contributed by atoms with Gasteiger partial charge in [-0.2, -0.15) is 0 Å². The maximum atomic E-state index is 2.38. The minimum Gasteiger partial charge on any atom is -0.0622 e. The number of hydrogen-bond donors (Lipinski definition) is 0. The third-order valence-corrected chi connectivity index (χ3v) is 7.01. The molecule has 0 heteroatoms. The molecule has 0 aromatic heterocycles. The van der Waals surface area contributed by atoms with Crippen molar-refractivity contribution in [3.05, 3.63) is 133 Å². The Kier molecular flexibility index (Phi) is 4.25. The highest BCUT2D eigenvalue weighted by molar-refractivity contribution is 6.20. The van der Waals surface area contributed by atoms with Gasteiger partial charge >= 0.3 is 0 Å². The fraction of sp³-hybridized carbons (Fsp3) is 0. The van der Waals surface area contributed by atoms with Gasteiger partial charge in [0.1, 0.15) is 0 Å². The van der Waals surface area contributed by atoms with Crippen molar-refractivity contribution in [3.8, 4) is 22.3 Å². The Labute approximate surface area is 198 Å². The second-order valence-electron chi connectivity index (χ2n) is 9.00. The zero-order valence-corrected chi connectivity index (χ0v) is 18.7. The highest BCUT2D eigenvalue weighted by atomic mass is 14.1. The van der Waals surface area contributed by atoms with Gasteiger partial charge in [0.05, 0.1) is 0 Å². The fourth-order valence-corrected chi connectivity index (χ4v) is 5.34. The lowest BCUT2D eigenvalue weighted by Gasteiger charge is -2.13. The van der Waals surface area contributed by atoms with Crippen LogP contribution in [0, 0.1) is 0 Å². The molecule has 0 bridgehead atoms. The maximum absolute atomic E-state index is 2.38. The van der Waals surface area contributed by atoms with Gasteiger partial charge in [-0.3, -0.25) is 0 Å². The molecule has 0 aliphatic heterocycles. The van der Waals surface area contributed by atoms with Gasteiger partial charge in [-0.15, -0.1) is 0 Å². The standard InChI is InChI=1S/C34H22/c1-3-9-23(10-4-1)25-17-18-29-26(19-25)15-16-27-20-34-28(22-33(27)29)21-32(24-11-5-2-6-12-24)30-13-7-8-14-31(30)34/h1-22H. The second-order valence-corrected chi connectivity index (χ2v) is 9.00. The minimum atomic E-state index is 1.25. The predicted octanol–water partition coefficient (Wildman–Crippen LogP) is 9.63. The molecule has 7 aromatic rings. The Morgan fingerprint density at radius 3 is 1.62 bits per heavy atom. The minimum absolute atomic E-state index is 1.25. The quantitative estimate of drug-likeness (QED) is 0.189. The molecule has 0 saturated heterocycles. The van der Waals surface area contributed by atoms with Gasteiger partial charge in [-0.05, 0) is 89.6 Å². The summed E-state index contributed by atoms with van der Waals surface area (Å²) in [7, 11) is 0. The molecule has 0 radical (unpaired) electrons. The molecule has 0 heterocycles. The van der Waals surface area contributed by atoms with Gasteiger partial charge in [0.2, 0.25) is 0 Å². The summed E-state index contributed by atoms with van der Waals surface area (Å²) in [6.45, 7) is 0. The predicted molar refractivity (Wildman–Crippen MR) is 147 cm³/mol. The average molecular weight is 431 g/mol. The van der Waals surface area contributed by atoms with Crippen molar-refractivity contribution in [2.75, 3.05) is 0 Å². The Bertz CT molecular complexity index is 1830. The lowest BCUT2D eigenvalue weighted by atomic mass is 9.90. The summed E-state index contributed by atoms with van der Waals surface area (Å²) in [4.78, 5) is 0. The van der Waals surface area contributed by atoms with E-state index in [4.69, 9.17) is 0 Å². The molecule has 34 heavy (non-hydrogen) atoms. The van der Waals surface area contributed by atoms with Gasteiger partial charge < -0.3 is 0 Å². The molecule has 0 atom stereocenters.